The van der Waals surface area contributed by atoms with Gasteiger partial charge in [-0.15, -0.1) is 11.6 Å². The van der Waals surface area contributed by atoms with E-state index < -0.39 is 0 Å². The summed E-state index contributed by atoms with van der Waals surface area (Å²) < 4.78 is 10.9. The Bertz CT molecular complexity index is 97.6. The van der Waals surface area contributed by atoms with Crippen LogP contribution < -0.4 is 0 Å². The molecule has 0 bridgehead atoms. The lowest BCUT2D eigenvalue weighted by Crippen LogP contribution is -2.18. The van der Waals surface area contributed by atoms with Gasteiger partial charge in [0.25, 0.3) is 0 Å². The second kappa shape index (κ2) is 10.5. The molecule has 0 aliphatic carbocycles. The van der Waals surface area contributed by atoms with Crippen LogP contribution in [-0.2, 0) is 9.47 Å². The third-order valence-electron chi connectivity index (χ3n) is 1.78. The predicted octanol–water partition coefficient (Wildman–Crippen LogP) is 2.02. The molecule has 0 atom stereocenters. The largest absolute Gasteiger partial charge is 0.353 e. The molecule has 0 N–H and O–H groups in total. The van der Waals surface area contributed by atoms with Crippen molar-refractivity contribution in [3.8, 4) is 0 Å². The summed E-state index contributed by atoms with van der Waals surface area (Å²) in [5.41, 5.74) is 0. The summed E-state index contributed by atoms with van der Waals surface area (Å²) in [5.74, 6) is 0.793. The highest BCUT2D eigenvalue weighted by Crippen LogP contribution is 2.04. The summed E-state index contributed by atoms with van der Waals surface area (Å²) in [5, 5.41) is 0. The van der Waals surface area contributed by atoms with Crippen molar-refractivity contribution in [3.05, 3.63) is 0 Å². The SMILES string of the molecule is CCOC(C[SiH2]CCCCl)OCC. The van der Waals surface area contributed by atoms with E-state index >= 15 is 0 Å². The fourth-order valence-electron chi connectivity index (χ4n) is 1.17. The van der Waals surface area contributed by atoms with Gasteiger partial charge in [0.2, 0.25) is 0 Å². The number of hydrogen-bond acceptors (Lipinski definition) is 2. The van der Waals surface area contributed by atoms with Crippen LogP contribution in [0.25, 0.3) is 0 Å². The summed E-state index contributed by atoms with van der Waals surface area (Å²) in [6, 6.07) is 2.43. The van der Waals surface area contributed by atoms with E-state index in [0.29, 0.717) is 0 Å². The van der Waals surface area contributed by atoms with E-state index in [1.807, 2.05) is 13.8 Å². The number of ether oxygens (including phenoxy) is 2. The lowest BCUT2D eigenvalue weighted by atomic mass is 10.6. The highest BCUT2D eigenvalue weighted by molar-refractivity contribution is 6.35. The highest BCUT2D eigenvalue weighted by Gasteiger charge is 2.06. The predicted molar refractivity (Wildman–Crippen MR) is 60.5 cm³/mol. The van der Waals surface area contributed by atoms with Gasteiger partial charge in [-0.3, -0.25) is 0 Å². The molecule has 4 heteroatoms. The van der Waals surface area contributed by atoms with E-state index in [4.69, 9.17) is 21.1 Å². The average molecular weight is 225 g/mol. The lowest BCUT2D eigenvalue weighted by Gasteiger charge is -2.16. The van der Waals surface area contributed by atoms with Crippen LogP contribution in [0, 0.1) is 0 Å². The molecule has 13 heavy (non-hydrogen) atoms. The zero-order valence-corrected chi connectivity index (χ0v) is 10.9. The Morgan fingerprint density at radius 1 is 1.23 bits per heavy atom. The molecule has 0 radical (unpaired) electrons. The van der Waals surface area contributed by atoms with Gasteiger partial charge < -0.3 is 9.47 Å². The highest BCUT2D eigenvalue weighted by atomic mass is 35.5. The van der Waals surface area contributed by atoms with Gasteiger partial charge >= 0.3 is 0 Å². The molecule has 0 aliphatic heterocycles. The molecule has 0 fully saturated rings. The van der Waals surface area contributed by atoms with Gasteiger partial charge in [0.15, 0.2) is 6.29 Å². The minimum absolute atomic E-state index is 0.0222. The molecule has 2 nitrogen and oxygen atoms in total. The van der Waals surface area contributed by atoms with E-state index in [9.17, 15) is 0 Å². The molecule has 0 saturated carbocycles. The molecule has 0 amide bonds. The molecule has 0 unspecified atom stereocenters. The average Bonchev–Trinajstić information content (AvgIpc) is 2.13. The van der Waals surface area contributed by atoms with Gasteiger partial charge in [-0.05, 0) is 26.3 Å². The van der Waals surface area contributed by atoms with Crippen LogP contribution in [-0.4, -0.2) is 34.9 Å². The van der Waals surface area contributed by atoms with Crippen LogP contribution in [0.5, 0.6) is 0 Å². The first-order valence-corrected chi connectivity index (χ1v) is 7.67. The minimum atomic E-state index is -0.0222. The quantitative estimate of drug-likeness (QED) is 0.258. The Hall–Kier alpha value is 0.427. The van der Waals surface area contributed by atoms with Gasteiger partial charge in [-0.2, -0.15) is 0 Å². The van der Waals surface area contributed by atoms with Crippen LogP contribution in [0.15, 0.2) is 0 Å². The van der Waals surface area contributed by atoms with E-state index in [2.05, 4.69) is 0 Å². The fraction of sp³-hybridized carbons (Fsp3) is 1.00. The second-order valence-corrected chi connectivity index (χ2v) is 5.25. The van der Waals surface area contributed by atoms with Crippen molar-refractivity contribution in [1.29, 1.82) is 0 Å². The maximum Gasteiger partial charge on any atom is 0.154 e. The molecule has 0 rings (SSSR count). The first-order valence-electron chi connectivity index (χ1n) is 5.14. The number of rotatable bonds is 9. The van der Waals surface area contributed by atoms with Crippen molar-refractivity contribution in [3.63, 3.8) is 0 Å². The third kappa shape index (κ3) is 8.75. The van der Waals surface area contributed by atoms with Crippen LogP contribution in [0.4, 0.5) is 0 Å². The smallest absolute Gasteiger partial charge is 0.154 e. The van der Waals surface area contributed by atoms with Crippen molar-refractivity contribution in [2.24, 2.45) is 0 Å². The lowest BCUT2D eigenvalue weighted by molar-refractivity contribution is -0.123. The van der Waals surface area contributed by atoms with E-state index in [1.54, 1.807) is 0 Å². The molecule has 0 aromatic carbocycles. The van der Waals surface area contributed by atoms with Crippen molar-refractivity contribution in [2.75, 3.05) is 19.1 Å². The Kier molecular flexibility index (Phi) is 10.9. The summed E-state index contributed by atoms with van der Waals surface area (Å²) in [4.78, 5) is 0. The molecule has 0 aromatic rings. The first-order chi connectivity index (χ1) is 6.35. The second-order valence-electron chi connectivity index (χ2n) is 2.88. The summed E-state index contributed by atoms with van der Waals surface area (Å²) >= 11 is 5.60. The van der Waals surface area contributed by atoms with E-state index in [-0.39, 0.29) is 15.8 Å². The van der Waals surface area contributed by atoms with Gasteiger partial charge in [0, 0.05) is 28.6 Å². The Labute approximate surface area is 88.8 Å². The van der Waals surface area contributed by atoms with Crippen molar-refractivity contribution in [1.82, 2.24) is 0 Å². The zero-order valence-electron chi connectivity index (χ0n) is 8.72. The molecular weight excluding hydrogens is 204 g/mol. The topological polar surface area (TPSA) is 18.5 Å². The zero-order chi connectivity index (χ0) is 9.94. The van der Waals surface area contributed by atoms with Crippen molar-refractivity contribution in [2.45, 2.75) is 38.6 Å². The monoisotopic (exact) mass is 224 g/mol. The Balaban J connectivity index is 3.33. The van der Waals surface area contributed by atoms with Gasteiger partial charge in [-0.25, -0.2) is 0 Å². The third-order valence-corrected chi connectivity index (χ3v) is 3.93. The maximum atomic E-state index is 5.60. The fourth-order valence-corrected chi connectivity index (χ4v) is 3.23. The minimum Gasteiger partial charge on any atom is -0.353 e. The van der Waals surface area contributed by atoms with Gasteiger partial charge in [-0.1, -0.05) is 6.04 Å². The number of halogens is 1. The van der Waals surface area contributed by atoms with Crippen LogP contribution in [0.1, 0.15) is 20.3 Å². The van der Waals surface area contributed by atoms with Gasteiger partial charge in [0.1, 0.15) is 0 Å². The normalized spacial score (nSPS) is 12.0. The first kappa shape index (κ1) is 13.4. The van der Waals surface area contributed by atoms with Gasteiger partial charge in [0.05, 0.1) is 0 Å². The number of alkyl halides is 1. The van der Waals surface area contributed by atoms with Crippen LogP contribution in [0.3, 0.4) is 0 Å². The van der Waals surface area contributed by atoms with E-state index in [0.717, 1.165) is 31.6 Å². The Morgan fingerprint density at radius 3 is 2.31 bits per heavy atom. The molecule has 0 heterocycles. The van der Waals surface area contributed by atoms with E-state index in [1.165, 1.54) is 6.04 Å². The maximum absolute atomic E-state index is 5.60. The molecule has 0 saturated heterocycles. The molecular formula is C9H21ClO2Si. The summed E-state index contributed by atoms with van der Waals surface area (Å²) in [6.07, 6.45) is 1.20. The summed E-state index contributed by atoms with van der Waals surface area (Å²) in [7, 11) is -0.0222. The molecule has 0 aliphatic rings. The standard InChI is InChI=1S/C9H21ClO2Si/c1-3-11-9(12-4-2)8-13-7-5-6-10/h9H,3-8,13H2,1-2H3. The van der Waals surface area contributed by atoms with Crippen LogP contribution >= 0.6 is 11.6 Å². The van der Waals surface area contributed by atoms with Crippen LogP contribution in [0.2, 0.25) is 12.1 Å². The Morgan fingerprint density at radius 2 is 1.85 bits per heavy atom. The van der Waals surface area contributed by atoms with Crippen molar-refractivity contribution >= 4 is 21.1 Å². The van der Waals surface area contributed by atoms with Crippen molar-refractivity contribution < 1.29 is 9.47 Å². The summed E-state index contributed by atoms with van der Waals surface area (Å²) in [6.45, 7) is 5.50. The molecule has 0 spiro atoms. The molecule has 80 valence electrons. The number of hydrogen-bond donors (Lipinski definition) is 0. The molecule has 0 aromatic heterocycles.